The molecule has 1 amide bonds. The van der Waals surface area contributed by atoms with Crippen molar-refractivity contribution in [1.29, 1.82) is 5.26 Å². The van der Waals surface area contributed by atoms with Crippen molar-refractivity contribution in [3.05, 3.63) is 16.0 Å². The fourth-order valence-corrected chi connectivity index (χ4v) is 5.69. The number of esters is 1. The number of carbonyl (C=O) groups is 3. The average molecular weight is 388 g/mol. The Morgan fingerprint density at radius 2 is 2.04 bits per heavy atom. The molecule has 0 saturated heterocycles. The highest BCUT2D eigenvalue weighted by atomic mass is 32.1. The lowest BCUT2D eigenvalue weighted by molar-refractivity contribution is -0.114. The summed E-state index contributed by atoms with van der Waals surface area (Å²) < 4.78 is 5.14. The summed E-state index contributed by atoms with van der Waals surface area (Å²) in [4.78, 5) is 37.9. The number of anilines is 1. The van der Waals surface area contributed by atoms with E-state index in [1.165, 1.54) is 6.92 Å². The van der Waals surface area contributed by atoms with E-state index in [1.54, 1.807) is 6.92 Å². The summed E-state index contributed by atoms with van der Waals surface area (Å²) in [6.07, 6.45) is 5.91. The standard InChI is InChI=1S/C20H24N2O4S/c1-3-26-19(25)15-14-9-10-20(11-21,13-7-5-4-6-8-13)17(24)16(14)27-18(15)22-12(2)23/h13H,3-10H2,1-2H3,(H,22,23). The number of carbonyl (C=O) groups excluding carboxylic acids is 3. The van der Waals surface area contributed by atoms with Crippen molar-refractivity contribution in [2.75, 3.05) is 11.9 Å². The van der Waals surface area contributed by atoms with Crippen LogP contribution in [-0.4, -0.2) is 24.3 Å². The van der Waals surface area contributed by atoms with Crippen LogP contribution in [0.25, 0.3) is 0 Å². The minimum atomic E-state index is -1.02. The normalized spacial score (nSPS) is 22.6. The third-order valence-electron chi connectivity index (χ3n) is 5.66. The van der Waals surface area contributed by atoms with Gasteiger partial charge in [-0.05, 0) is 44.1 Å². The third-order valence-corrected chi connectivity index (χ3v) is 6.80. The molecule has 2 aliphatic rings. The summed E-state index contributed by atoms with van der Waals surface area (Å²) >= 11 is 1.10. The number of hydrogen-bond donors (Lipinski definition) is 1. The Morgan fingerprint density at radius 1 is 1.33 bits per heavy atom. The van der Waals surface area contributed by atoms with Crippen LogP contribution >= 0.6 is 11.3 Å². The second kappa shape index (κ2) is 7.81. The van der Waals surface area contributed by atoms with Gasteiger partial charge in [0, 0.05) is 6.92 Å². The molecule has 6 nitrogen and oxygen atoms in total. The Balaban J connectivity index is 2.06. The maximum absolute atomic E-state index is 13.4. The number of Topliss-reactive ketones (excluding diaryl/α,β-unsaturated/α-hetero) is 1. The lowest BCUT2D eigenvalue weighted by Gasteiger charge is -2.38. The predicted molar refractivity (Wildman–Crippen MR) is 102 cm³/mol. The summed E-state index contributed by atoms with van der Waals surface area (Å²) in [7, 11) is 0. The molecular formula is C20H24N2O4S. The lowest BCUT2D eigenvalue weighted by Crippen LogP contribution is -2.41. The highest BCUT2D eigenvalue weighted by Crippen LogP contribution is 2.50. The Hall–Kier alpha value is -2.20. The van der Waals surface area contributed by atoms with Gasteiger partial charge in [0.15, 0.2) is 5.78 Å². The molecule has 3 rings (SSSR count). The van der Waals surface area contributed by atoms with Crippen molar-refractivity contribution < 1.29 is 19.1 Å². The van der Waals surface area contributed by atoms with Crippen LogP contribution in [0.15, 0.2) is 0 Å². The van der Waals surface area contributed by atoms with Crippen LogP contribution in [0.5, 0.6) is 0 Å². The van der Waals surface area contributed by atoms with Crippen molar-refractivity contribution in [1.82, 2.24) is 0 Å². The summed E-state index contributed by atoms with van der Waals surface area (Å²) in [5.41, 5.74) is -0.123. The van der Waals surface area contributed by atoms with Crippen LogP contribution in [0.2, 0.25) is 0 Å². The van der Waals surface area contributed by atoms with Gasteiger partial charge in [0.25, 0.3) is 0 Å². The first-order chi connectivity index (χ1) is 12.9. The molecular weight excluding hydrogens is 364 g/mol. The van der Waals surface area contributed by atoms with Crippen molar-refractivity contribution >= 4 is 34.0 Å². The fraction of sp³-hybridized carbons (Fsp3) is 0.600. The molecule has 1 N–H and O–H groups in total. The first kappa shape index (κ1) is 19.6. The highest BCUT2D eigenvalue weighted by molar-refractivity contribution is 7.19. The first-order valence-electron chi connectivity index (χ1n) is 9.51. The monoisotopic (exact) mass is 388 g/mol. The number of hydrogen-bond acceptors (Lipinski definition) is 6. The van der Waals surface area contributed by atoms with E-state index in [2.05, 4.69) is 11.4 Å². The molecule has 0 aliphatic heterocycles. The molecule has 1 heterocycles. The number of fused-ring (bicyclic) bond motifs is 1. The van der Waals surface area contributed by atoms with Crippen molar-refractivity contribution in [2.45, 2.75) is 58.8 Å². The van der Waals surface area contributed by atoms with Gasteiger partial charge in [-0.2, -0.15) is 5.26 Å². The molecule has 1 saturated carbocycles. The number of thiophene rings is 1. The molecule has 1 atom stereocenters. The SMILES string of the molecule is CCOC(=O)c1c(NC(C)=O)sc2c1CCC(C#N)(C1CCCCC1)C2=O. The second-order valence-corrected chi connectivity index (χ2v) is 8.28. The van der Waals surface area contributed by atoms with Gasteiger partial charge in [-0.3, -0.25) is 9.59 Å². The number of rotatable bonds is 4. The Labute approximate surface area is 162 Å². The fourth-order valence-electron chi connectivity index (χ4n) is 4.38. The molecule has 2 aliphatic carbocycles. The highest BCUT2D eigenvalue weighted by Gasteiger charge is 2.51. The van der Waals surface area contributed by atoms with Crippen LogP contribution in [0.1, 0.15) is 78.0 Å². The largest absolute Gasteiger partial charge is 0.462 e. The van der Waals surface area contributed by atoms with Gasteiger partial charge in [-0.15, -0.1) is 11.3 Å². The Kier molecular flexibility index (Phi) is 5.66. The molecule has 0 aromatic carbocycles. The smallest absolute Gasteiger partial charge is 0.341 e. The quantitative estimate of drug-likeness (QED) is 0.783. The lowest BCUT2D eigenvalue weighted by atomic mass is 9.62. The minimum absolute atomic E-state index is 0.0641. The van der Waals surface area contributed by atoms with Gasteiger partial charge < -0.3 is 10.1 Å². The molecule has 144 valence electrons. The first-order valence-corrected chi connectivity index (χ1v) is 10.3. The van der Waals surface area contributed by atoms with E-state index in [0.717, 1.165) is 43.4 Å². The molecule has 1 aromatic heterocycles. The summed E-state index contributed by atoms with van der Waals surface area (Å²) in [5, 5.41) is 13.0. The van der Waals surface area contributed by atoms with Gasteiger partial charge >= 0.3 is 5.97 Å². The van der Waals surface area contributed by atoms with Gasteiger partial charge in [-0.25, -0.2) is 4.79 Å². The minimum Gasteiger partial charge on any atom is -0.462 e. The summed E-state index contributed by atoms with van der Waals surface area (Å²) in [6.45, 7) is 3.28. The van der Waals surface area contributed by atoms with Gasteiger partial charge in [-0.1, -0.05) is 19.3 Å². The molecule has 0 spiro atoms. The zero-order valence-corrected chi connectivity index (χ0v) is 16.5. The molecule has 1 aromatic rings. The molecule has 1 fully saturated rings. The maximum atomic E-state index is 13.4. The number of nitrogens with one attached hydrogen (secondary N) is 1. The zero-order valence-electron chi connectivity index (χ0n) is 15.7. The van der Waals surface area contributed by atoms with Gasteiger partial charge in [0.2, 0.25) is 5.91 Å². The van der Waals surface area contributed by atoms with E-state index < -0.39 is 11.4 Å². The van der Waals surface area contributed by atoms with Crippen molar-refractivity contribution in [2.24, 2.45) is 11.3 Å². The summed E-state index contributed by atoms with van der Waals surface area (Å²) in [5.74, 6) is -0.973. The topological polar surface area (TPSA) is 96.3 Å². The molecule has 0 radical (unpaired) electrons. The predicted octanol–water partition coefficient (Wildman–Crippen LogP) is 4.10. The van der Waals surface area contributed by atoms with Crippen LogP contribution < -0.4 is 5.32 Å². The van der Waals surface area contributed by atoms with E-state index >= 15 is 0 Å². The van der Waals surface area contributed by atoms with E-state index in [1.807, 2.05) is 0 Å². The van der Waals surface area contributed by atoms with Crippen LogP contribution in [-0.2, 0) is 16.0 Å². The number of amides is 1. The molecule has 27 heavy (non-hydrogen) atoms. The third kappa shape index (κ3) is 3.39. The maximum Gasteiger partial charge on any atom is 0.341 e. The Morgan fingerprint density at radius 3 is 2.63 bits per heavy atom. The zero-order chi connectivity index (χ0) is 19.6. The van der Waals surface area contributed by atoms with E-state index in [0.29, 0.717) is 28.3 Å². The molecule has 0 bridgehead atoms. The second-order valence-electron chi connectivity index (χ2n) is 7.26. The van der Waals surface area contributed by atoms with E-state index in [9.17, 15) is 19.6 Å². The van der Waals surface area contributed by atoms with Crippen LogP contribution in [0, 0.1) is 22.7 Å². The van der Waals surface area contributed by atoms with E-state index in [-0.39, 0.29) is 29.8 Å². The number of nitrogens with zero attached hydrogens (tertiary/aromatic N) is 1. The molecule has 1 unspecified atom stereocenters. The van der Waals surface area contributed by atoms with Crippen molar-refractivity contribution in [3.63, 3.8) is 0 Å². The van der Waals surface area contributed by atoms with Crippen LogP contribution in [0.3, 0.4) is 0 Å². The Bertz CT molecular complexity index is 817. The van der Waals surface area contributed by atoms with Gasteiger partial charge in [0.1, 0.15) is 10.4 Å². The average Bonchev–Trinajstić information content (AvgIpc) is 3.01. The number of ketones is 1. The van der Waals surface area contributed by atoms with Crippen molar-refractivity contribution in [3.8, 4) is 6.07 Å². The molecule has 7 heteroatoms. The number of ether oxygens (including phenoxy) is 1. The summed E-state index contributed by atoms with van der Waals surface area (Å²) in [6, 6.07) is 2.36. The van der Waals surface area contributed by atoms with E-state index in [4.69, 9.17) is 4.74 Å². The van der Waals surface area contributed by atoms with Crippen LogP contribution in [0.4, 0.5) is 5.00 Å². The number of nitriles is 1. The van der Waals surface area contributed by atoms with Gasteiger partial charge in [0.05, 0.1) is 23.1 Å².